The lowest BCUT2D eigenvalue weighted by atomic mass is 10.0. The van der Waals surface area contributed by atoms with Crippen LogP contribution in [0.3, 0.4) is 0 Å². The van der Waals surface area contributed by atoms with Crippen LogP contribution in [-0.4, -0.2) is 16.1 Å². The minimum absolute atomic E-state index is 0.132. The molecule has 3 aromatic carbocycles. The van der Waals surface area contributed by atoms with Gasteiger partial charge >= 0.3 is 0 Å². The number of halogens is 2. The molecular weight excluding hydrogens is 417 g/mol. The van der Waals surface area contributed by atoms with E-state index in [0.717, 1.165) is 10.9 Å². The number of amides is 1. The third-order valence-corrected chi connectivity index (χ3v) is 6.02. The molecule has 4 aromatic rings. The summed E-state index contributed by atoms with van der Waals surface area (Å²) in [6.07, 6.45) is 0.354. The number of nitrogens with zero attached hydrogens (tertiary/aromatic N) is 2. The van der Waals surface area contributed by atoms with Crippen molar-refractivity contribution in [1.82, 2.24) is 10.2 Å². The summed E-state index contributed by atoms with van der Waals surface area (Å²) in [4.78, 5) is 25.2. The van der Waals surface area contributed by atoms with Crippen molar-refractivity contribution in [2.45, 2.75) is 18.2 Å². The summed E-state index contributed by atoms with van der Waals surface area (Å²) in [5.74, 6) is -0.931. The van der Waals surface area contributed by atoms with E-state index in [2.05, 4.69) is 10.2 Å². The van der Waals surface area contributed by atoms with Crippen molar-refractivity contribution >= 4 is 39.7 Å². The Kier molecular flexibility index (Phi) is 4.41. The fraction of sp³-hybridized carbons (Fsp3) is 0.125. The molecule has 31 heavy (non-hydrogen) atoms. The van der Waals surface area contributed by atoms with E-state index in [0.29, 0.717) is 28.8 Å². The molecule has 0 aliphatic carbocycles. The highest BCUT2D eigenvalue weighted by molar-refractivity contribution is 6.40. The Bertz CT molecular complexity index is 1410. The van der Waals surface area contributed by atoms with Crippen molar-refractivity contribution in [3.8, 4) is 0 Å². The highest BCUT2D eigenvalue weighted by atomic mass is 35.5. The molecule has 2 heterocycles. The van der Waals surface area contributed by atoms with Gasteiger partial charge in [0, 0.05) is 17.4 Å². The standard InChI is InChI=1S/C24H17ClFN3O2/c1-24(25)17-8-4-5-9-20(17)29(23(24)31)21-13-14(10-11-18(21)26)12-19-15-6-2-3-7-16(15)22(30)28-27-19/h2-11,13H,12H2,1H3,(H,28,30). The number of anilines is 2. The lowest BCUT2D eigenvalue weighted by molar-refractivity contribution is -0.119. The molecule has 1 unspecified atom stereocenters. The van der Waals surface area contributed by atoms with E-state index in [1.54, 1.807) is 55.5 Å². The fourth-order valence-corrected chi connectivity index (χ4v) is 4.32. The van der Waals surface area contributed by atoms with Gasteiger partial charge in [-0.05, 0) is 36.8 Å². The number of carbonyl (C=O) groups is 1. The summed E-state index contributed by atoms with van der Waals surface area (Å²) >= 11 is 6.54. The molecule has 0 saturated heterocycles. The van der Waals surface area contributed by atoms with Gasteiger partial charge in [0.1, 0.15) is 10.7 Å². The van der Waals surface area contributed by atoms with Crippen molar-refractivity contribution in [1.29, 1.82) is 0 Å². The summed E-state index contributed by atoms with van der Waals surface area (Å²) in [6.45, 7) is 1.62. The van der Waals surface area contributed by atoms with Crippen LogP contribution >= 0.6 is 11.6 Å². The Morgan fingerprint density at radius 3 is 2.52 bits per heavy atom. The first-order chi connectivity index (χ1) is 14.9. The summed E-state index contributed by atoms with van der Waals surface area (Å²) in [5, 5.41) is 7.97. The molecule has 1 aromatic heterocycles. The number of aromatic amines is 1. The van der Waals surface area contributed by atoms with Crippen LogP contribution in [0.2, 0.25) is 0 Å². The second-order valence-corrected chi connectivity index (χ2v) is 8.42. The van der Waals surface area contributed by atoms with E-state index in [4.69, 9.17) is 11.6 Å². The van der Waals surface area contributed by atoms with Crippen molar-refractivity contribution in [3.05, 3.63) is 99.7 Å². The van der Waals surface area contributed by atoms with Gasteiger partial charge in [-0.25, -0.2) is 9.49 Å². The number of alkyl halides is 1. The Morgan fingerprint density at radius 2 is 1.71 bits per heavy atom. The molecule has 0 radical (unpaired) electrons. The molecule has 1 aliphatic rings. The Labute approximate surface area is 182 Å². The van der Waals surface area contributed by atoms with E-state index in [1.807, 2.05) is 12.1 Å². The molecule has 154 valence electrons. The van der Waals surface area contributed by atoms with Crippen molar-refractivity contribution < 1.29 is 9.18 Å². The third-order valence-electron chi connectivity index (χ3n) is 5.65. The van der Waals surface area contributed by atoms with Crippen LogP contribution in [-0.2, 0) is 16.1 Å². The number of para-hydroxylation sites is 1. The van der Waals surface area contributed by atoms with Gasteiger partial charge in [-0.2, -0.15) is 5.10 Å². The maximum Gasteiger partial charge on any atom is 0.272 e. The average Bonchev–Trinajstić information content (AvgIpc) is 2.98. The van der Waals surface area contributed by atoms with Crippen molar-refractivity contribution in [3.63, 3.8) is 0 Å². The van der Waals surface area contributed by atoms with Gasteiger partial charge in [-0.15, -0.1) is 11.6 Å². The number of benzene rings is 3. The first kappa shape index (κ1) is 19.5. The lowest BCUT2D eigenvalue weighted by Gasteiger charge is -2.21. The highest BCUT2D eigenvalue weighted by Gasteiger charge is 2.47. The number of nitrogens with one attached hydrogen (secondary N) is 1. The van der Waals surface area contributed by atoms with Gasteiger partial charge in [-0.1, -0.05) is 42.5 Å². The van der Waals surface area contributed by atoms with Crippen molar-refractivity contribution in [2.75, 3.05) is 4.90 Å². The Balaban J connectivity index is 1.60. The van der Waals surface area contributed by atoms with Gasteiger partial charge in [0.2, 0.25) is 0 Å². The molecular formula is C24H17ClFN3O2. The number of rotatable bonds is 3. The molecule has 1 amide bonds. The van der Waals surface area contributed by atoms with Gasteiger partial charge in [0.25, 0.3) is 11.5 Å². The molecule has 7 heteroatoms. The topological polar surface area (TPSA) is 66.1 Å². The van der Waals surface area contributed by atoms with E-state index in [9.17, 15) is 14.0 Å². The predicted molar refractivity (Wildman–Crippen MR) is 118 cm³/mol. The molecule has 0 bridgehead atoms. The van der Waals surface area contributed by atoms with Gasteiger partial charge in [0.05, 0.1) is 22.5 Å². The minimum Gasteiger partial charge on any atom is -0.276 e. The average molecular weight is 434 g/mol. The normalized spacial score (nSPS) is 17.9. The van der Waals surface area contributed by atoms with Crippen LogP contribution in [0, 0.1) is 5.82 Å². The zero-order valence-corrected chi connectivity index (χ0v) is 17.3. The molecule has 1 N–H and O–H groups in total. The van der Waals surface area contributed by atoms with Crippen LogP contribution in [0.25, 0.3) is 10.8 Å². The summed E-state index contributed by atoms with van der Waals surface area (Å²) in [6, 6.07) is 18.9. The third kappa shape index (κ3) is 3.02. The zero-order valence-electron chi connectivity index (χ0n) is 16.5. The smallest absolute Gasteiger partial charge is 0.272 e. The van der Waals surface area contributed by atoms with Crippen LogP contribution < -0.4 is 10.5 Å². The summed E-state index contributed by atoms with van der Waals surface area (Å²) in [7, 11) is 0. The molecule has 1 atom stereocenters. The van der Waals surface area contributed by atoms with E-state index in [1.165, 1.54) is 11.0 Å². The van der Waals surface area contributed by atoms with Crippen LogP contribution in [0.15, 0.2) is 71.5 Å². The van der Waals surface area contributed by atoms with Crippen LogP contribution in [0.4, 0.5) is 15.8 Å². The van der Waals surface area contributed by atoms with Crippen LogP contribution in [0.5, 0.6) is 0 Å². The van der Waals surface area contributed by atoms with E-state index in [-0.39, 0.29) is 11.2 Å². The Hall–Kier alpha value is -3.51. The molecule has 0 fully saturated rings. The lowest BCUT2D eigenvalue weighted by Crippen LogP contribution is -2.31. The monoisotopic (exact) mass is 433 g/mol. The SMILES string of the molecule is CC1(Cl)C(=O)N(c2cc(Cc3n[nH]c(=O)c4ccccc34)ccc2F)c2ccccc21. The van der Waals surface area contributed by atoms with Crippen LogP contribution in [0.1, 0.15) is 23.7 Å². The number of aromatic nitrogens is 2. The number of H-pyrrole nitrogens is 1. The molecule has 0 saturated carbocycles. The largest absolute Gasteiger partial charge is 0.276 e. The number of hydrogen-bond donors (Lipinski definition) is 1. The van der Waals surface area contributed by atoms with Crippen molar-refractivity contribution in [2.24, 2.45) is 0 Å². The first-order valence-corrected chi connectivity index (χ1v) is 10.1. The van der Waals surface area contributed by atoms with E-state index < -0.39 is 16.6 Å². The Morgan fingerprint density at radius 1 is 1.00 bits per heavy atom. The highest BCUT2D eigenvalue weighted by Crippen LogP contribution is 2.48. The summed E-state index contributed by atoms with van der Waals surface area (Å²) < 4.78 is 14.9. The number of carbonyl (C=O) groups excluding carboxylic acids is 1. The minimum atomic E-state index is -1.27. The summed E-state index contributed by atoms with van der Waals surface area (Å²) in [5.41, 5.74) is 2.47. The maximum absolute atomic E-state index is 14.9. The zero-order chi connectivity index (χ0) is 21.8. The van der Waals surface area contributed by atoms with Gasteiger partial charge in [0.15, 0.2) is 0 Å². The molecule has 5 rings (SSSR count). The van der Waals surface area contributed by atoms with Gasteiger partial charge in [-0.3, -0.25) is 14.5 Å². The second kappa shape index (κ2) is 7.03. The number of hydrogen-bond acceptors (Lipinski definition) is 3. The molecule has 1 aliphatic heterocycles. The molecule has 0 spiro atoms. The first-order valence-electron chi connectivity index (χ1n) is 9.75. The maximum atomic E-state index is 14.9. The number of fused-ring (bicyclic) bond motifs is 2. The second-order valence-electron chi connectivity index (χ2n) is 7.67. The fourth-order valence-electron chi connectivity index (χ4n) is 4.08. The van der Waals surface area contributed by atoms with E-state index >= 15 is 0 Å². The van der Waals surface area contributed by atoms with Gasteiger partial charge < -0.3 is 0 Å². The quantitative estimate of drug-likeness (QED) is 0.472. The predicted octanol–water partition coefficient (Wildman–Crippen LogP) is 4.79. The molecule has 5 nitrogen and oxygen atoms in total.